The summed E-state index contributed by atoms with van der Waals surface area (Å²) in [5.74, 6) is 0. The van der Waals surface area contributed by atoms with Crippen molar-refractivity contribution in [2.45, 2.75) is 51.9 Å². The average molecular weight is 184 g/mol. The topological polar surface area (TPSA) is 3.24 Å². The molecule has 0 saturated carbocycles. The summed E-state index contributed by atoms with van der Waals surface area (Å²) < 4.78 is 0. The molecule has 0 aromatic carbocycles. The molecule has 79 valence electrons. The molecule has 0 aromatic rings. The number of nitrogens with zero attached hydrogens (tertiary/aromatic N) is 1. The summed E-state index contributed by atoms with van der Waals surface area (Å²) in [6, 6.07) is 0. The smallest absolute Gasteiger partial charge is 0.00219 e. The molecule has 0 atom stereocenters. The maximum absolute atomic E-state index is 3.85. The predicted molar refractivity (Wildman–Crippen MR) is 60.8 cm³/mol. The molecule has 0 aliphatic heterocycles. The Bertz CT molecular complexity index is 91.1. The molecular formula is C12H26N. The van der Waals surface area contributed by atoms with Crippen molar-refractivity contribution in [2.75, 3.05) is 20.1 Å². The third-order valence-electron chi connectivity index (χ3n) is 2.58. The van der Waals surface area contributed by atoms with E-state index < -0.39 is 0 Å². The van der Waals surface area contributed by atoms with Crippen LogP contribution < -0.4 is 0 Å². The molecule has 0 saturated heterocycles. The molecule has 13 heavy (non-hydrogen) atoms. The molecule has 0 N–H and O–H groups in total. The van der Waals surface area contributed by atoms with Gasteiger partial charge >= 0.3 is 0 Å². The molecule has 0 rings (SSSR count). The third-order valence-corrected chi connectivity index (χ3v) is 2.58. The van der Waals surface area contributed by atoms with Crippen molar-refractivity contribution in [2.24, 2.45) is 0 Å². The zero-order valence-electron chi connectivity index (χ0n) is 9.52. The van der Waals surface area contributed by atoms with E-state index in [4.69, 9.17) is 0 Å². The van der Waals surface area contributed by atoms with Crippen molar-refractivity contribution in [3.63, 3.8) is 0 Å². The van der Waals surface area contributed by atoms with Crippen LogP contribution >= 0.6 is 0 Å². The second-order valence-corrected chi connectivity index (χ2v) is 3.87. The maximum atomic E-state index is 3.85. The Morgan fingerprint density at radius 2 is 1.46 bits per heavy atom. The Hall–Kier alpha value is -0.0400. The van der Waals surface area contributed by atoms with Gasteiger partial charge in [-0.15, -0.1) is 0 Å². The fourth-order valence-corrected chi connectivity index (χ4v) is 1.42. The molecule has 0 aliphatic rings. The Morgan fingerprint density at radius 3 is 2.00 bits per heavy atom. The molecule has 0 fully saturated rings. The van der Waals surface area contributed by atoms with E-state index in [0.717, 1.165) is 6.42 Å². The van der Waals surface area contributed by atoms with E-state index >= 15 is 0 Å². The standard InChI is InChI=1S/C12H26N/c1-4-6-7-8-9-10-11-12-13(3)5-2/h1,4-12H2,2-3H3. The minimum atomic E-state index is 1.11. The Kier molecular flexibility index (Phi) is 10.0. The van der Waals surface area contributed by atoms with Crippen molar-refractivity contribution >= 4 is 0 Å². The summed E-state index contributed by atoms with van der Waals surface area (Å²) in [6.45, 7) is 8.52. The van der Waals surface area contributed by atoms with Crippen molar-refractivity contribution in [1.29, 1.82) is 0 Å². The first-order chi connectivity index (χ1) is 6.31. The Balaban J connectivity index is 2.91. The molecule has 0 unspecified atom stereocenters. The first-order valence-corrected chi connectivity index (χ1v) is 5.79. The second-order valence-electron chi connectivity index (χ2n) is 3.87. The van der Waals surface area contributed by atoms with Gasteiger partial charge in [0.15, 0.2) is 0 Å². The zero-order valence-corrected chi connectivity index (χ0v) is 9.52. The van der Waals surface area contributed by atoms with Crippen LogP contribution in [-0.2, 0) is 0 Å². The van der Waals surface area contributed by atoms with Gasteiger partial charge in [0.1, 0.15) is 0 Å². The highest BCUT2D eigenvalue weighted by Crippen LogP contribution is 2.06. The van der Waals surface area contributed by atoms with Crippen LogP contribution in [0.25, 0.3) is 0 Å². The summed E-state index contributed by atoms with van der Waals surface area (Å²) in [5.41, 5.74) is 0. The lowest BCUT2D eigenvalue weighted by molar-refractivity contribution is 0.340. The predicted octanol–water partition coefficient (Wildman–Crippen LogP) is 3.50. The molecule has 1 nitrogen and oxygen atoms in total. The third kappa shape index (κ3) is 9.88. The van der Waals surface area contributed by atoms with E-state index in [1.165, 1.54) is 51.6 Å². The monoisotopic (exact) mass is 184 g/mol. The maximum Gasteiger partial charge on any atom is -0.00219 e. The van der Waals surface area contributed by atoms with E-state index in [1.807, 2.05) is 0 Å². The van der Waals surface area contributed by atoms with E-state index in [1.54, 1.807) is 0 Å². The highest BCUT2D eigenvalue weighted by Gasteiger charge is 1.94. The highest BCUT2D eigenvalue weighted by atomic mass is 15.1. The van der Waals surface area contributed by atoms with Gasteiger partial charge < -0.3 is 4.90 Å². The summed E-state index contributed by atoms with van der Waals surface area (Å²) >= 11 is 0. The summed E-state index contributed by atoms with van der Waals surface area (Å²) in [6.07, 6.45) is 9.40. The van der Waals surface area contributed by atoms with Gasteiger partial charge in [-0.2, -0.15) is 0 Å². The SMILES string of the molecule is [CH2]CCCCCCCCN(C)CC. The first kappa shape index (κ1) is 13.0. The largest absolute Gasteiger partial charge is 0.307 e. The van der Waals surface area contributed by atoms with Crippen LogP contribution in [0.3, 0.4) is 0 Å². The molecule has 0 aromatic heterocycles. The van der Waals surface area contributed by atoms with Gasteiger partial charge in [-0.1, -0.05) is 52.4 Å². The van der Waals surface area contributed by atoms with Gasteiger partial charge in [0.2, 0.25) is 0 Å². The van der Waals surface area contributed by atoms with E-state index in [2.05, 4.69) is 25.8 Å². The number of hydrogen-bond acceptors (Lipinski definition) is 1. The van der Waals surface area contributed by atoms with Crippen molar-refractivity contribution in [3.05, 3.63) is 6.92 Å². The molecule has 0 heterocycles. The van der Waals surface area contributed by atoms with Gasteiger partial charge in [0.25, 0.3) is 0 Å². The minimum Gasteiger partial charge on any atom is -0.307 e. The van der Waals surface area contributed by atoms with Crippen molar-refractivity contribution < 1.29 is 0 Å². The molecule has 1 radical (unpaired) electrons. The summed E-state index contributed by atoms with van der Waals surface area (Å²) in [7, 11) is 2.20. The van der Waals surface area contributed by atoms with Crippen LogP contribution in [0.2, 0.25) is 0 Å². The molecule has 0 aliphatic carbocycles. The molecule has 0 amide bonds. The van der Waals surface area contributed by atoms with E-state index in [-0.39, 0.29) is 0 Å². The summed E-state index contributed by atoms with van der Waals surface area (Å²) in [4.78, 5) is 2.38. The van der Waals surface area contributed by atoms with Gasteiger partial charge in [-0.3, -0.25) is 0 Å². The van der Waals surface area contributed by atoms with E-state index in [9.17, 15) is 0 Å². The van der Waals surface area contributed by atoms with Crippen LogP contribution in [0.4, 0.5) is 0 Å². The van der Waals surface area contributed by atoms with Gasteiger partial charge in [0, 0.05) is 0 Å². The van der Waals surface area contributed by atoms with Crippen molar-refractivity contribution in [1.82, 2.24) is 4.90 Å². The van der Waals surface area contributed by atoms with Crippen LogP contribution in [0.1, 0.15) is 51.9 Å². The summed E-state index contributed by atoms with van der Waals surface area (Å²) in [5, 5.41) is 0. The number of unbranched alkanes of at least 4 members (excludes halogenated alkanes) is 6. The van der Waals surface area contributed by atoms with Crippen molar-refractivity contribution in [3.8, 4) is 0 Å². The molecule has 1 heteroatoms. The zero-order chi connectivity index (χ0) is 9.94. The lowest BCUT2D eigenvalue weighted by Crippen LogP contribution is -2.18. The Morgan fingerprint density at radius 1 is 0.923 bits per heavy atom. The first-order valence-electron chi connectivity index (χ1n) is 5.79. The lowest BCUT2D eigenvalue weighted by Gasteiger charge is -2.12. The van der Waals surface area contributed by atoms with Gasteiger partial charge in [0.05, 0.1) is 0 Å². The number of rotatable bonds is 9. The van der Waals surface area contributed by atoms with Crippen LogP contribution in [0.15, 0.2) is 0 Å². The lowest BCUT2D eigenvalue weighted by atomic mass is 10.1. The van der Waals surface area contributed by atoms with E-state index in [0.29, 0.717) is 0 Å². The van der Waals surface area contributed by atoms with Gasteiger partial charge in [-0.05, 0) is 26.6 Å². The minimum absolute atomic E-state index is 1.11. The second kappa shape index (κ2) is 10.0. The fourth-order valence-electron chi connectivity index (χ4n) is 1.42. The number of hydrogen-bond donors (Lipinski definition) is 0. The fraction of sp³-hybridized carbons (Fsp3) is 0.917. The normalized spacial score (nSPS) is 11.1. The molecule has 0 spiro atoms. The van der Waals surface area contributed by atoms with Crippen LogP contribution in [0, 0.1) is 6.92 Å². The van der Waals surface area contributed by atoms with Gasteiger partial charge in [-0.25, -0.2) is 0 Å². The quantitative estimate of drug-likeness (QED) is 0.496. The van der Waals surface area contributed by atoms with Crippen LogP contribution in [-0.4, -0.2) is 25.0 Å². The average Bonchev–Trinajstić information content (AvgIpc) is 2.16. The highest BCUT2D eigenvalue weighted by molar-refractivity contribution is 4.50. The molecule has 0 bridgehead atoms. The van der Waals surface area contributed by atoms with Crippen LogP contribution in [0.5, 0.6) is 0 Å². The Labute approximate surface area is 84.5 Å². The molecular weight excluding hydrogens is 158 g/mol.